The van der Waals surface area contributed by atoms with E-state index in [1.807, 2.05) is 68.4 Å². The lowest BCUT2D eigenvalue weighted by Crippen LogP contribution is -2.15. The Hall–Kier alpha value is -2.77. The third-order valence-corrected chi connectivity index (χ3v) is 5.82. The lowest BCUT2D eigenvalue weighted by molar-refractivity contribution is -0.115. The molecular formula is C22H18BrN3O2S. The molecule has 4 rings (SSSR count). The molecule has 0 aliphatic heterocycles. The molecule has 5 nitrogen and oxygen atoms in total. The van der Waals surface area contributed by atoms with Crippen molar-refractivity contribution >= 4 is 38.3 Å². The van der Waals surface area contributed by atoms with E-state index in [0.29, 0.717) is 22.5 Å². The Bertz CT molecular complexity index is 1150. The monoisotopic (exact) mass is 467 g/mol. The Balaban J connectivity index is 1.47. The summed E-state index contributed by atoms with van der Waals surface area (Å²) in [4.78, 5) is 22.7. The van der Waals surface area contributed by atoms with Gasteiger partial charge in [-0.05, 0) is 38.1 Å². The number of hydrogen-bond acceptors (Lipinski definition) is 5. The summed E-state index contributed by atoms with van der Waals surface area (Å²) in [5.74, 6) is 0.996. The molecule has 1 amide bonds. The fraction of sp³-hybridized carbons (Fsp3) is 0.136. The average Bonchev–Trinajstić information content (AvgIpc) is 3.25. The van der Waals surface area contributed by atoms with Crippen LogP contribution in [0.5, 0.6) is 0 Å². The van der Waals surface area contributed by atoms with E-state index in [1.165, 1.54) is 11.3 Å². The molecule has 0 aliphatic rings. The molecule has 2 aromatic heterocycles. The van der Waals surface area contributed by atoms with Gasteiger partial charge in [-0.1, -0.05) is 46.3 Å². The number of rotatable bonds is 5. The van der Waals surface area contributed by atoms with Crippen LogP contribution in [0, 0.1) is 13.8 Å². The van der Waals surface area contributed by atoms with Crippen molar-refractivity contribution < 1.29 is 9.21 Å². The molecule has 0 fully saturated rings. The number of carbonyl (C=O) groups excluding carboxylic acids is 1. The van der Waals surface area contributed by atoms with Crippen molar-refractivity contribution in [3.63, 3.8) is 0 Å². The number of anilines is 1. The third kappa shape index (κ3) is 4.46. The van der Waals surface area contributed by atoms with Crippen molar-refractivity contribution in [1.29, 1.82) is 0 Å². The Morgan fingerprint density at radius 2 is 1.76 bits per heavy atom. The van der Waals surface area contributed by atoms with Crippen molar-refractivity contribution in [3.05, 3.63) is 75.4 Å². The molecule has 2 aromatic carbocycles. The van der Waals surface area contributed by atoms with Gasteiger partial charge < -0.3 is 9.73 Å². The van der Waals surface area contributed by atoms with Gasteiger partial charge in [-0.25, -0.2) is 9.97 Å². The maximum Gasteiger partial charge on any atom is 0.232 e. The van der Waals surface area contributed by atoms with Crippen LogP contribution in [0.4, 0.5) is 5.13 Å². The van der Waals surface area contributed by atoms with Gasteiger partial charge in [0.15, 0.2) is 5.13 Å². The number of aromatic nitrogens is 2. The number of nitrogens with one attached hydrogen (secondary N) is 1. The largest absolute Gasteiger partial charge is 0.441 e. The summed E-state index contributed by atoms with van der Waals surface area (Å²) in [6, 6.07) is 17.6. The van der Waals surface area contributed by atoms with Gasteiger partial charge in [0.05, 0.1) is 17.8 Å². The van der Waals surface area contributed by atoms with Crippen LogP contribution >= 0.6 is 27.3 Å². The fourth-order valence-electron chi connectivity index (χ4n) is 2.94. The summed E-state index contributed by atoms with van der Waals surface area (Å²) in [6.07, 6.45) is 0.133. The van der Waals surface area contributed by atoms with Crippen LogP contribution < -0.4 is 5.32 Å². The van der Waals surface area contributed by atoms with E-state index in [-0.39, 0.29) is 12.3 Å². The Labute approximate surface area is 181 Å². The Kier molecular flexibility index (Phi) is 5.60. The minimum atomic E-state index is -0.169. The molecule has 4 aromatic rings. The zero-order valence-corrected chi connectivity index (χ0v) is 18.3. The first-order chi connectivity index (χ1) is 14.0. The van der Waals surface area contributed by atoms with Crippen LogP contribution in [-0.2, 0) is 11.2 Å². The first kappa shape index (κ1) is 19.5. The molecule has 0 saturated heterocycles. The first-order valence-corrected chi connectivity index (χ1v) is 10.7. The smallest absolute Gasteiger partial charge is 0.232 e. The van der Waals surface area contributed by atoms with E-state index in [2.05, 4.69) is 31.2 Å². The van der Waals surface area contributed by atoms with Gasteiger partial charge in [0, 0.05) is 20.5 Å². The summed E-state index contributed by atoms with van der Waals surface area (Å²) < 4.78 is 6.75. The second-order valence-corrected chi connectivity index (χ2v) is 8.66. The molecule has 7 heteroatoms. The molecule has 0 bridgehead atoms. The van der Waals surface area contributed by atoms with Crippen LogP contribution in [0.2, 0.25) is 0 Å². The maximum absolute atomic E-state index is 12.5. The zero-order chi connectivity index (χ0) is 20.4. The lowest BCUT2D eigenvalue weighted by Gasteiger charge is -2.00. The predicted octanol–water partition coefficient (Wildman–Crippen LogP) is 6.03. The van der Waals surface area contributed by atoms with Crippen LogP contribution in [0.25, 0.3) is 22.7 Å². The highest BCUT2D eigenvalue weighted by Crippen LogP contribution is 2.31. The quantitative estimate of drug-likeness (QED) is 0.389. The van der Waals surface area contributed by atoms with E-state index < -0.39 is 0 Å². The molecule has 0 atom stereocenters. The molecule has 146 valence electrons. The Morgan fingerprint density at radius 1 is 1.03 bits per heavy atom. The summed E-state index contributed by atoms with van der Waals surface area (Å²) in [7, 11) is 0. The standard InChI is InChI=1S/C22H18BrN3O2S/c1-13-18(24-21(28-13)16-6-4-3-5-7-16)12-19(27)25-22-26-20(14(2)29-22)15-8-10-17(23)11-9-15/h3-11H,12H2,1-2H3,(H,25,26,27). The minimum absolute atomic E-state index is 0.133. The van der Waals surface area contributed by atoms with Gasteiger partial charge in [-0.3, -0.25) is 4.79 Å². The molecule has 29 heavy (non-hydrogen) atoms. The van der Waals surface area contributed by atoms with E-state index in [9.17, 15) is 4.79 Å². The lowest BCUT2D eigenvalue weighted by atomic mass is 10.1. The summed E-state index contributed by atoms with van der Waals surface area (Å²) >= 11 is 4.90. The predicted molar refractivity (Wildman–Crippen MR) is 119 cm³/mol. The van der Waals surface area contributed by atoms with E-state index >= 15 is 0 Å². The number of halogens is 1. The fourth-order valence-corrected chi connectivity index (χ4v) is 4.05. The van der Waals surface area contributed by atoms with Crippen LogP contribution in [-0.4, -0.2) is 15.9 Å². The highest BCUT2D eigenvalue weighted by Gasteiger charge is 2.17. The SMILES string of the molecule is Cc1oc(-c2ccccc2)nc1CC(=O)Nc1nc(-c2ccc(Br)cc2)c(C)s1. The van der Waals surface area contributed by atoms with E-state index in [4.69, 9.17) is 4.42 Å². The highest BCUT2D eigenvalue weighted by atomic mass is 79.9. The average molecular weight is 468 g/mol. The number of thiazole rings is 1. The zero-order valence-electron chi connectivity index (χ0n) is 15.9. The number of oxazole rings is 1. The second-order valence-electron chi connectivity index (χ2n) is 6.54. The number of hydrogen-bond donors (Lipinski definition) is 1. The normalized spacial score (nSPS) is 10.9. The number of amides is 1. The summed E-state index contributed by atoms with van der Waals surface area (Å²) in [5.41, 5.74) is 3.41. The van der Waals surface area contributed by atoms with Crippen molar-refractivity contribution in [1.82, 2.24) is 9.97 Å². The van der Waals surface area contributed by atoms with Crippen LogP contribution in [0.15, 0.2) is 63.5 Å². The van der Waals surface area contributed by atoms with Gasteiger partial charge in [-0.15, -0.1) is 11.3 Å². The Morgan fingerprint density at radius 3 is 2.48 bits per heavy atom. The van der Waals surface area contributed by atoms with Crippen molar-refractivity contribution in [2.45, 2.75) is 20.3 Å². The topological polar surface area (TPSA) is 68.0 Å². The van der Waals surface area contributed by atoms with Gasteiger partial charge in [-0.2, -0.15) is 0 Å². The van der Waals surface area contributed by atoms with Crippen LogP contribution in [0.1, 0.15) is 16.3 Å². The number of aryl methyl sites for hydroxylation is 2. The molecule has 0 radical (unpaired) electrons. The third-order valence-electron chi connectivity index (χ3n) is 4.40. The van der Waals surface area contributed by atoms with Gasteiger partial charge in [0.25, 0.3) is 0 Å². The van der Waals surface area contributed by atoms with Gasteiger partial charge >= 0.3 is 0 Å². The van der Waals surface area contributed by atoms with E-state index in [1.54, 1.807) is 0 Å². The first-order valence-electron chi connectivity index (χ1n) is 9.04. The van der Waals surface area contributed by atoms with E-state index in [0.717, 1.165) is 26.2 Å². The minimum Gasteiger partial charge on any atom is -0.441 e. The number of benzene rings is 2. The number of nitrogens with zero attached hydrogens (tertiary/aromatic N) is 2. The molecule has 0 spiro atoms. The summed E-state index contributed by atoms with van der Waals surface area (Å²) in [6.45, 7) is 3.82. The molecule has 0 saturated carbocycles. The molecular weight excluding hydrogens is 450 g/mol. The van der Waals surface area contributed by atoms with Gasteiger partial charge in [0.2, 0.25) is 11.8 Å². The molecule has 0 aliphatic carbocycles. The second kappa shape index (κ2) is 8.31. The maximum atomic E-state index is 12.5. The molecule has 2 heterocycles. The van der Waals surface area contributed by atoms with Crippen molar-refractivity contribution in [2.24, 2.45) is 0 Å². The van der Waals surface area contributed by atoms with Gasteiger partial charge in [0.1, 0.15) is 5.76 Å². The molecule has 0 unspecified atom stereocenters. The molecule has 1 N–H and O–H groups in total. The van der Waals surface area contributed by atoms with Crippen LogP contribution in [0.3, 0.4) is 0 Å². The van der Waals surface area contributed by atoms with Crippen molar-refractivity contribution in [3.8, 4) is 22.7 Å². The summed E-state index contributed by atoms with van der Waals surface area (Å²) in [5, 5.41) is 3.47. The highest BCUT2D eigenvalue weighted by molar-refractivity contribution is 9.10. The number of carbonyl (C=O) groups is 1. The van der Waals surface area contributed by atoms with Crippen molar-refractivity contribution in [2.75, 3.05) is 5.32 Å².